The lowest BCUT2D eigenvalue weighted by molar-refractivity contribution is -0.138. The van der Waals surface area contributed by atoms with Crippen LogP contribution < -0.4 is 10.6 Å². The number of aromatic nitrogens is 2. The number of nitrogens with zero attached hydrogens (tertiary/aromatic N) is 2. The third-order valence-corrected chi connectivity index (χ3v) is 4.39. The number of carbonyl (C=O) groups is 1. The molecule has 1 atom stereocenters. The molecule has 0 bridgehead atoms. The van der Waals surface area contributed by atoms with Crippen LogP contribution in [0.4, 0.5) is 29.6 Å². The number of benzene rings is 1. The molecule has 0 fully saturated rings. The molecule has 1 aromatic carbocycles. The monoisotopic (exact) mass is 408 g/mol. The first kappa shape index (κ1) is 20.9. The van der Waals surface area contributed by atoms with Gasteiger partial charge >= 0.3 is 12.3 Å². The third kappa shape index (κ3) is 5.82. The summed E-state index contributed by atoms with van der Waals surface area (Å²) < 4.78 is 43.1. The van der Waals surface area contributed by atoms with Gasteiger partial charge in [0.05, 0.1) is 5.56 Å². The van der Waals surface area contributed by atoms with Gasteiger partial charge in [-0.1, -0.05) is 6.07 Å². The Morgan fingerprint density at radius 2 is 1.83 bits per heavy atom. The van der Waals surface area contributed by atoms with Gasteiger partial charge < -0.3 is 15.4 Å². The smallest absolute Gasteiger partial charge is 0.419 e. The van der Waals surface area contributed by atoms with Gasteiger partial charge in [0.15, 0.2) is 0 Å². The maximum atomic E-state index is 12.6. The van der Waals surface area contributed by atoms with Gasteiger partial charge in [0, 0.05) is 24.1 Å². The molecule has 156 valence electrons. The first-order valence-corrected chi connectivity index (χ1v) is 9.27. The van der Waals surface area contributed by atoms with E-state index >= 15 is 0 Å². The zero-order valence-corrected chi connectivity index (χ0v) is 16.4. The predicted octanol–water partition coefficient (Wildman–Crippen LogP) is 4.62. The highest BCUT2D eigenvalue weighted by atomic mass is 19.4. The first-order valence-electron chi connectivity index (χ1n) is 9.27. The lowest BCUT2D eigenvalue weighted by Crippen LogP contribution is -2.41. The lowest BCUT2D eigenvalue weighted by atomic mass is 9.88. The molecule has 1 aliphatic rings. The number of alkyl carbamates (subject to hydrolysis) is 1. The number of nitrogens with one attached hydrogen (secondary N) is 2. The topological polar surface area (TPSA) is 76.1 Å². The van der Waals surface area contributed by atoms with E-state index < -0.39 is 23.4 Å². The van der Waals surface area contributed by atoms with Crippen molar-refractivity contribution in [3.05, 3.63) is 47.3 Å². The van der Waals surface area contributed by atoms with E-state index in [1.54, 1.807) is 0 Å². The highest BCUT2D eigenvalue weighted by Gasteiger charge is 2.31. The van der Waals surface area contributed by atoms with Crippen molar-refractivity contribution >= 4 is 17.7 Å². The van der Waals surface area contributed by atoms with Gasteiger partial charge in [0.25, 0.3) is 0 Å². The molecule has 9 heteroatoms. The predicted molar refractivity (Wildman–Crippen MR) is 102 cm³/mol. The summed E-state index contributed by atoms with van der Waals surface area (Å²) >= 11 is 0. The fourth-order valence-electron chi connectivity index (χ4n) is 3.10. The second-order valence-electron chi connectivity index (χ2n) is 7.99. The highest BCUT2D eigenvalue weighted by Crippen LogP contribution is 2.29. The molecule has 1 amide bonds. The second kappa shape index (κ2) is 7.88. The SMILES string of the molecule is CC(C)(C)OC(=O)NC1CCc2cc(Nc3ncc(C(F)(F)F)cn3)ccc2C1. The molecule has 3 rings (SSSR count). The zero-order valence-electron chi connectivity index (χ0n) is 16.4. The second-order valence-corrected chi connectivity index (χ2v) is 7.99. The van der Waals surface area contributed by atoms with E-state index in [4.69, 9.17) is 4.74 Å². The maximum absolute atomic E-state index is 12.6. The molecule has 2 N–H and O–H groups in total. The molecule has 0 spiro atoms. The summed E-state index contributed by atoms with van der Waals surface area (Å²) in [6, 6.07) is 5.68. The number of amides is 1. The van der Waals surface area contributed by atoms with E-state index in [0.717, 1.165) is 36.4 Å². The summed E-state index contributed by atoms with van der Waals surface area (Å²) in [5.41, 5.74) is 1.48. The summed E-state index contributed by atoms with van der Waals surface area (Å²) in [4.78, 5) is 19.4. The number of hydrogen-bond acceptors (Lipinski definition) is 5. The first-order chi connectivity index (χ1) is 13.5. The van der Waals surface area contributed by atoms with E-state index in [2.05, 4.69) is 20.6 Å². The van der Waals surface area contributed by atoms with Crippen LogP contribution in [0.3, 0.4) is 0 Å². The Morgan fingerprint density at radius 3 is 2.45 bits per heavy atom. The summed E-state index contributed by atoms with van der Waals surface area (Å²) in [6.45, 7) is 5.45. The van der Waals surface area contributed by atoms with Crippen molar-refractivity contribution in [3.63, 3.8) is 0 Å². The number of hydrogen-bond donors (Lipinski definition) is 2. The van der Waals surface area contributed by atoms with E-state index in [1.807, 2.05) is 39.0 Å². The number of ether oxygens (including phenoxy) is 1. The van der Waals surface area contributed by atoms with Crippen molar-refractivity contribution in [2.75, 3.05) is 5.32 Å². The Balaban J connectivity index is 1.62. The van der Waals surface area contributed by atoms with Crippen LogP contribution >= 0.6 is 0 Å². The standard InChI is InChI=1S/C20H23F3N4O2/c1-19(2,3)29-18(28)27-16-7-5-12-8-15(6-4-13(12)9-16)26-17-24-10-14(11-25-17)20(21,22)23/h4,6,8,10-11,16H,5,7,9H2,1-3H3,(H,27,28)(H,24,25,26). The molecule has 29 heavy (non-hydrogen) atoms. The van der Waals surface area contributed by atoms with Crippen LogP contribution in [0.2, 0.25) is 0 Å². The fourth-order valence-corrected chi connectivity index (χ4v) is 3.10. The molecule has 0 aliphatic heterocycles. The Hall–Kier alpha value is -2.84. The average molecular weight is 408 g/mol. The van der Waals surface area contributed by atoms with Crippen LogP contribution in [0.1, 0.15) is 43.9 Å². The van der Waals surface area contributed by atoms with E-state index in [0.29, 0.717) is 12.1 Å². The van der Waals surface area contributed by atoms with Gasteiger partial charge in [-0.25, -0.2) is 14.8 Å². The molecular formula is C20H23F3N4O2. The molecule has 2 aromatic rings. The number of carbonyl (C=O) groups excluding carboxylic acids is 1. The molecule has 0 saturated heterocycles. The van der Waals surface area contributed by atoms with E-state index in [1.165, 1.54) is 0 Å². The van der Waals surface area contributed by atoms with Crippen LogP contribution in [-0.4, -0.2) is 27.7 Å². The summed E-state index contributed by atoms with van der Waals surface area (Å²) in [7, 11) is 0. The van der Waals surface area contributed by atoms with Crippen LogP contribution in [0.15, 0.2) is 30.6 Å². The minimum absolute atomic E-state index is 0.00518. The van der Waals surface area contributed by atoms with Crippen molar-refractivity contribution < 1.29 is 22.7 Å². The fraction of sp³-hybridized carbons (Fsp3) is 0.450. The Labute approximate surface area is 166 Å². The van der Waals surface area contributed by atoms with Crippen molar-refractivity contribution in [3.8, 4) is 0 Å². The number of fused-ring (bicyclic) bond motifs is 1. The van der Waals surface area contributed by atoms with Gasteiger partial charge in [-0.15, -0.1) is 0 Å². The molecule has 0 radical (unpaired) electrons. The van der Waals surface area contributed by atoms with Gasteiger partial charge in [0.2, 0.25) is 5.95 Å². The van der Waals surface area contributed by atoms with Gasteiger partial charge in [-0.2, -0.15) is 13.2 Å². The number of anilines is 2. The van der Waals surface area contributed by atoms with Crippen molar-refractivity contribution in [2.45, 2.75) is 57.9 Å². The van der Waals surface area contributed by atoms with Gasteiger partial charge in [0.1, 0.15) is 5.60 Å². The minimum atomic E-state index is -4.46. The molecule has 6 nitrogen and oxygen atoms in total. The quantitative estimate of drug-likeness (QED) is 0.775. The van der Waals surface area contributed by atoms with E-state index in [-0.39, 0.29) is 12.0 Å². The molecular weight excluding hydrogens is 385 g/mol. The number of aryl methyl sites for hydroxylation is 1. The molecule has 1 aliphatic carbocycles. The summed E-state index contributed by atoms with van der Waals surface area (Å²) in [5, 5.41) is 5.82. The molecule has 1 unspecified atom stereocenters. The normalized spacial score (nSPS) is 16.7. The molecule has 1 heterocycles. The highest BCUT2D eigenvalue weighted by molar-refractivity contribution is 5.68. The van der Waals surface area contributed by atoms with Gasteiger partial charge in [-0.05, 0) is 63.3 Å². The van der Waals surface area contributed by atoms with Crippen molar-refractivity contribution in [2.24, 2.45) is 0 Å². The zero-order chi connectivity index (χ0) is 21.2. The van der Waals surface area contributed by atoms with Crippen LogP contribution in [-0.2, 0) is 23.8 Å². The Bertz CT molecular complexity index is 877. The lowest BCUT2D eigenvalue weighted by Gasteiger charge is -2.27. The molecule has 1 aromatic heterocycles. The number of halogens is 3. The maximum Gasteiger partial charge on any atom is 0.419 e. The Morgan fingerprint density at radius 1 is 1.14 bits per heavy atom. The third-order valence-electron chi connectivity index (χ3n) is 4.39. The number of alkyl halides is 3. The average Bonchev–Trinajstić information content (AvgIpc) is 2.60. The minimum Gasteiger partial charge on any atom is -0.444 e. The summed E-state index contributed by atoms with van der Waals surface area (Å²) in [5.74, 6) is 0.0956. The number of rotatable bonds is 3. The van der Waals surface area contributed by atoms with Crippen LogP contribution in [0.25, 0.3) is 0 Å². The van der Waals surface area contributed by atoms with Crippen LogP contribution in [0, 0.1) is 0 Å². The van der Waals surface area contributed by atoms with Gasteiger partial charge in [-0.3, -0.25) is 0 Å². The van der Waals surface area contributed by atoms with Crippen LogP contribution in [0.5, 0.6) is 0 Å². The largest absolute Gasteiger partial charge is 0.444 e. The Kier molecular flexibility index (Phi) is 5.68. The molecule has 0 saturated carbocycles. The van der Waals surface area contributed by atoms with Crippen molar-refractivity contribution in [1.82, 2.24) is 15.3 Å². The summed E-state index contributed by atoms with van der Waals surface area (Å²) in [6.07, 6.45) is -1.17. The van der Waals surface area contributed by atoms with Crippen molar-refractivity contribution in [1.29, 1.82) is 0 Å². The van der Waals surface area contributed by atoms with E-state index in [9.17, 15) is 18.0 Å².